The smallest absolute Gasteiger partial charge is 0.317 e. The lowest BCUT2D eigenvalue weighted by molar-refractivity contribution is 0.196. The minimum atomic E-state index is -0.441. The molecule has 3 aromatic rings. The maximum Gasteiger partial charge on any atom is 0.317 e. The molecule has 2 amide bonds. The van der Waals surface area contributed by atoms with E-state index in [0.29, 0.717) is 64.4 Å². The van der Waals surface area contributed by atoms with Crippen LogP contribution in [0.25, 0.3) is 0 Å². The van der Waals surface area contributed by atoms with Crippen molar-refractivity contribution in [1.29, 1.82) is 5.41 Å². The average molecular weight is 528 g/mol. The molecule has 0 saturated carbocycles. The van der Waals surface area contributed by atoms with Crippen molar-refractivity contribution in [2.24, 2.45) is 0 Å². The van der Waals surface area contributed by atoms with Gasteiger partial charge >= 0.3 is 6.03 Å². The number of halogens is 2. The third-order valence-electron chi connectivity index (χ3n) is 6.05. The molecule has 1 saturated heterocycles. The number of amides is 2. The van der Waals surface area contributed by atoms with Crippen LogP contribution in [0.15, 0.2) is 48.9 Å². The van der Waals surface area contributed by atoms with Crippen LogP contribution in [0.5, 0.6) is 5.75 Å². The molecule has 1 aliphatic heterocycles. The lowest BCUT2D eigenvalue weighted by Gasteiger charge is -2.35. The normalized spacial score (nSPS) is 14.3. The summed E-state index contributed by atoms with van der Waals surface area (Å²) >= 11 is 12.5. The first-order valence-corrected chi connectivity index (χ1v) is 12.2. The maximum absolute atomic E-state index is 11.8. The van der Waals surface area contributed by atoms with Gasteiger partial charge in [-0.2, -0.15) is 0 Å². The molecule has 0 unspecified atom stereocenters. The molecule has 1 aliphatic rings. The quantitative estimate of drug-likeness (QED) is 0.323. The molecule has 9 nitrogen and oxygen atoms in total. The first kappa shape index (κ1) is 25.5. The van der Waals surface area contributed by atoms with E-state index in [1.165, 1.54) is 12.4 Å². The van der Waals surface area contributed by atoms with Gasteiger partial charge in [-0.1, -0.05) is 23.2 Å². The van der Waals surface area contributed by atoms with Gasteiger partial charge in [-0.05, 0) is 37.3 Å². The number of nitrogens with one attached hydrogen (secondary N) is 2. The molecule has 4 N–H and O–H groups in total. The predicted octanol–water partition coefficient (Wildman–Crippen LogP) is 4.38. The monoisotopic (exact) mass is 527 g/mol. The second-order valence-corrected chi connectivity index (χ2v) is 9.15. The number of urea groups is 1. The molecule has 1 fully saturated rings. The first-order chi connectivity index (χ1) is 17.3. The number of nitrogens with zero attached hydrogens (tertiary/aromatic N) is 4. The second-order valence-electron chi connectivity index (χ2n) is 8.34. The van der Waals surface area contributed by atoms with Crippen molar-refractivity contribution >= 4 is 46.4 Å². The molecule has 188 valence electrons. The molecule has 0 spiro atoms. The molecular weight excluding hydrogens is 501 g/mol. The van der Waals surface area contributed by atoms with Gasteiger partial charge < -0.3 is 25.6 Å². The highest BCUT2D eigenvalue weighted by Gasteiger charge is 2.22. The van der Waals surface area contributed by atoms with Crippen LogP contribution in [0.1, 0.15) is 29.7 Å². The van der Waals surface area contributed by atoms with E-state index in [0.717, 1.165) is 5.82 Å². The molecule has 0 bridgehead atoms. The highest BCUT2D eigenvalue weighted by atomic mass is 35.5. The van der Waals surface area contributed by atoms with Crippen molar-refractivity contribution in [2.45, 2.75) is 13.0 Å². The zero-order chi connectivity index (χ0) is 25.8. The number of aromatic nitrogens is 2. The van der Waals surface area contributed by atoms with Gasteiger partial charge in [0.2, 0.25) is 0 Å². The van der Waals surface area contributed by atoms with E-state index >= 15 is 0 Å². The Morgan fingerprint density at radius 1 is 1.11 bits per heavy atom. The summed E-state index contributed by atoms with van der Waals surface area (Å²) in [6, 6.07) is 8.83. The Hall–Kier alpha value is -3.56. The summed E-state index contributed by atoms with van der Waals surface area (Å²) in [5.74, 6) is 1.33. The highest BCUT2D eigenvalue weighted by Crippen LogP contribution is 2.33. The Kier molecular flexibility index (Phi) is 7.81. The van der Waals surface area contributed by atoms with E-state index in [-0.39, 0.29) is 11.7 Å². The summed E-state index contributed by atoms with van der Waals surface area (Å²) < 4.78 is 6.07. The molecular formula is C25H27Cl2N7O2. The van der Waals surface area contributed by atoms with E-state index in [1.54, 1.807) is 36.3 Å². The fourth-order valence-electron chi connectivity index (χ4n) is 4.07. The molecule has 1 atom stereocenters. The topological polar surface area (TPSA) is 120 Å². The number of anilines is 2. The number of nitrogens with two attached hydrogens (primary N) is 1. The van der Waals surface area contributed by atoms with Crippen LogP contribution in [0, 0.1) is 5.41 Å². The number of hydrogen-bond donors (Lipinski definition) is 3. The Morgan fingerprint density at radius 2 is 1.81 bits per heavy atom. The molecule has 36 heavy (non-hydrogen) atoms. The predicted molar refractivity (Wildman–Crippen MR) is 143 cm³/mol. The molecule has 3 heterocycles. The summed E-state index contributed by atoms with van der Waals surface area (Å²) in [7, 11) is 1.63. The molecule has 2 aromatic heterocycles. The fourth-order valence-corrected chi connectivity index (χ4v) is 4.74. The van der Waals surface area contributed by atoms with Gasteiger partial charge in [0.1, 0.15) is 17.7 Å². The Balaban J connectivity index is 1.47. The molecule has 1 aromatic carbocycles. The Labute approximate surface area is 219 Å². The third kappa shape index (κ3) is 5.47. The third-order valence-corrected chi connectivity index (χ3v) is 6.65. The Bertz CT molecular complexity index is 1240. The summed E-state index contributed by atoms with van der Waals surface area (Å²) in [4.78, 5) is 24.2. The number of nitrogen functional groups attached to an aromatic ring is 1. The van der Waals surface area contributed by atoms with Crippen molar-refractivity contribution in [3.63, 3.8) is 0 Å². The van der Waals surface area contributed by atoms with E-state index in [9.17, 15) is 4.79 Å². The summed E-state index contributed by atoms with van der Waals surface area (Å²) in [5.41, 5.74) is 8.67. The lowest BCUT2D eigenvalue weighted by atomic mass is 10.0. The fraction of sp³-hybridized carbons (Fsp3) is 0.280. The number of hydrogen-bond acceptors (Lipinski definition) is 7. The number of benzene rings is 1. The number of carbonyl (C=O) groups excluding carboxylic acids is 1. The van der Waals surface area contributed by atoms with Gasteiger partial charge in [0.25, 0.3) is 0 Å². The average Bonchev–Trinajstić information content (AvgIpc) is 2.89. The van der Waals surface area contributed by atoms with Crippen molar-refractivity contribution in [2.75, 3.05) is 43.9 Å². The Morgan fingerprint density at radius 3 is 2.42 bits per heavy atom. The van der Waals surface area contributed by atoms with E-state index in [1.807, 2.05) is 19.1 Å². The van der Waals surface area contributed by atoms with Crippen LogP contribution < -0.4 is 20.7 Å². The number of carbonyl (C=O) groups is 1. The second kappa shape index (κ2) is 11.0. The molecule has 11 heteroatoms. The van der Waals surface area contributed by atoms with E-state index < -0.39 is 6.10 Å². The maximum atomic E-state index is 11.8. The SMILES string of the molecule is CNC(=O)N1CCN(c2ccc(C(=N)c3cc(O[C@H](C)c4c(Cl)cncc4Cl)ccc3N)cn2)CC1. The largest absolute Gasteiger partial charge is 0.486 e. The van der Waals surface area contributed by atoms with Crippen LogP contribution in [0.3, 0.4) is 0 Å². The van der Waals surface area contributed by atoms with E-state index in [4.69, 9.17) is 39.1 Å². The van der Waals surface area contributed by atoms with Gasteiger partial charge in [0, 0.05) is 74.2 Å². The number of rotatable bonds is 6. The van der Waals surface area contributed by atoms with Crippen LogP contribution in [-0.4, -0.2) is 59.8 Å². The van der Waals surface area contributed by atoms with Crippen LogP contribution >= 0.6 is 23.2 Å². The molecule has 4 rings (SSSR count). The summed E-state index contributed by atoms with van der Waals surface area (Å²) in [6.45, 7) is 4.46. The van der Waals surface area contributed by atoms with Crippen LogP contribution in [0.2, 0.25) is 10.0 Å². The number of ether oxygens (including phenoxy) is 1. The van der Waals surface area contributed by atoms with Gasteiger partial charge in [-0.3, -0.25) is 10.4 Å². The van der Waals surface area contributed by atoms with Crippen molar-refractivity contribution in [1.82, 2.24) is 20.2 Å². The molecule has 0 aliphatic carbocycles. The minimum Gasteiger partial charge on any atom is -0.486 e. The molecule has 0 radical (unpaired) electrons. The zero-order valence-electron chi connectivity index (χ0n) is 20.0. The van der Waals surface area contributed by atoms with Crippen molar-refractivity contribution < 1.29 is 9.53 Å². The number of piperazine rings is 1. The lowest BCUT2D eigenvalue weighted by Crippen LogP contribution is -2.51. The first-order valence-electron chi connectivity index (χ1n) is 11.4. The summed E-state index contributed by atoms with van der Waals surface area (Å²) in [5, 5.41) is 12.2. The van der Waals surface area contributed by atoms with Crippen molar-refractivity contribution in [3.8, 4) is 5.75 Å². The zero-order valence-corrected chi connectivity index (χ0v) is 21.5. The van der Waals surface area contributed by atoms with Crippen molar-refractivity contribution in [3.05, 3.63) is 75.7 Å². The van der Waals surface area contributed by atoms with Gasteiger partial charge in [-0.25, -0.2) is 9.78 Å². The van der Waals surface area contributed by atoms with E-state index in [2.05, 4.69) is 20.2 Å². The van der Waals surface area contributed by atoms with Crippen LogP contribution in [0.4, 0.5) is 16.3 Å². The minimum absolute atomic E-state index is 0.0726. The van der Waals surface area contributed by atoms with Gasteiger partial charge in [0.15, 0.2) is 0 Å². The standard InChI is InChI=1S/C25H27Cl2N7O2/c1-15(23-19(26)13-31-14-20(23)27)36-17-4-5-21(28)18(11-17)24(29)16-3-6-22(32-12-16)33-7-9-34(10-8-33)25(35)30-2/h3-6,11-15,29H,7-10,28H2,1-2H3,(H,30,35)/t15-/m1/s1. The van der Waals surface area contributed by atoms with Crippen LogP contribution in [-0.2, 0) is 0 Å². The van der Waals surface area contributed by atoms with Gasteiger partial charge in [0.05, 0.1) is 15.8 Å². The summed E-state index contributed by atoms with van der Waals surface area (Å²) in [6.07, 6.45) is 4.26. The van der Waals surface area contributed by atoms with Gasteiger partial charge in [-0.15, -0.1) is 0 Å². The highest BCUT2D eigenvalue weighted by molar-refractivity contribution is 6.35. The number of pyridine rings is 2.